The van der Waals surface area contributed by atoms with Crippen molar-refractivity contribution in [3.8, 4) is 0 Å². The van der Waals surface area contributed by atoms with Gasteiger partial charge >= 0.3 is 0 Å². The maximum atomic E-state index is 12.0. The largest absolute Gasteiger partial charge is 0.348 e. The molecule has 0 saturated carbocycles. The van der Waals surface area contributed by atoms with Crippen LogP contribution in [0.15, 0.2) is 53.4 Å². The van der Waals surface area contributed by atoms with E-state index in [-0.39, 0.29) is 17.0 Å². The molecule has 2 aromatic rings. The summed E-state index contributed by atoms with van der Waals surface area (Å²) < 4.78 is 22.5. The lowest BCUT2D eigenvalue weighted by Gasteiger charge is -2.07. The third kappa shape index (κ3) is 4.20. The third-order valence-electron chi connectivity index (χ3n) is 2.77. The van der Waals surface area contributed by atoms with E-state index in [4.69, 9.17) is 22.3 Å². The number of nitrogens with one attached hydrogen (secondary N) is 1. The highest BCUT2D eigenvalue weighted by atomic mass is 35.7. The van der Waals surface area contributed by atoms with E-state index < -0.39 is 15.0 Å². The average molecular weight is 344 g/mol. The summed E-state index contributed by atoms with van der Waals surface area (Å²) in [5.41, 5.74) is 0.984. The molecule has 2 rings (SSSR count). The van der Waals surface area contributed by atoms with Gasteiger partial charge in [0.1, 0.15) is 0 Å². The van der Waals surface area contributed by atoms with Crippen molar-refractivity contribution < 1.29 is 13.2 Å². The Bertz CT molecular complexity index is 775. The Morgan fingerprint density at radius 3 is 2.48 bits per heavy atom. The highest BCUT2D eigenvalue weighted by molar-refractivity contribution is 8.13. The SMILES string of the molecule is O=C(NCc1ccccc1Cl)c1cccc(S(=O)(=O)Cl)c1. The van der Waals surface area contributed by atoms with Gasteiger partial charge < -0.3 is 5.32 Å². The van der Waals surface area contributed by atoms with Crippen molar-refractivity contribution in [3.05, 3.63) is 64.7 Å². The van der Waals surface area contributed by atoms with Gasteiger partial charge in [0.15, 0.2) is 0 Å². The monoisotopic (exact) mass is 343 g/mol. The van der Waals surface area contributed by atoms with E-state index in [2.05, 4.69) is 5.32 Å². The Hall–Kier alpha value is -1.56. The number of halogens is 2. The summed E-state index contributed by atoms with van der Waals surface area (Å²) in [6.45, 7) is 0.246. The third-order valence-corrected chi connectivity index (χ3v) is 4.50. The molecular formula is C14H11Cl2NO3S. The number of carbonyl (C=O) groups excluding carboxylic acids is 1. The molecule has 2 aromatic carbocycles. The molecule has 0 saturated heterocycles. The van der Waals surface area contributed by atoms with Crippen LogP contribution >= 0.6 is 22.3 Å². The Morgan fingerprint density at radius 2 is 1.81 bits per heavy atom. The van der Waals surface area contributed by atoms with Gasteiger partial charge in [-0.15, -0.1) is 0 Å². The standard InChI is InChI=1S/C14H11Cl2NO3S/c15-13-7-2-1-4-11(13)9-17-14(18)10-5-3-6-12(8-10)21(16,19)20/h1-8H,9H2,(H,17,18). The topological polar surface area (TPSA) is 63.2 Å². The van der Waals surface area contributed by atoms with Crippen molar-refractivity contribution in [2.24, 2.45) is 0 Å². The van der Waals surface area contributed by atoms with Crippen molar-refractivity contribution in [1.82, 2.24) is 5.32 Å². The Morgan fingerprint density at radius 1 is 1.10 bits per heavy atom. The summed E-state index contributed by atoms with van der Waals surface area (Å²) in [6.07, 6.45) is 0. The van der Waals surface area contributed by atoms with Gasteiger partial charge in [-0.25, -0.2) is 8.42 Å². The van der Waals surface area contributed by atoms with E-state index in [1.165, 1.54) is 24.3 Å². The van der Waals surface area contributed by atoms with Gasteiger partial charge in [-0.2, -0.15) is 0 Å². The highest BCUT2D eigenvalue weighted by Crippen LogP contribution is 2.17. The minimum absolute atomic E-state index is 0.116. The lowest BCUT2D eigenvalue weighted by Crippen LogP contribution is -2.23. The van der Waals surface area contributed by atoms with E-state index in [9.17, 15) is 13.2 Å². The van der Waals surface area contributed by atoms with Gasteiger partial charge in [0, 0.05) is 27.8 Å². The van der Waals surface area contributed by atoms with Crippen LogP contribution in [0.2, 0.25) is 5.02 Å². The van der Waals surface area contributed by atoms with E-state index in [0.717, 1.165) is 5.56 Å². The van der Waals surface area contributed by atoms with Crippen molar-refractivity contribution in [2.75, 3.05) is 0 Å². The molecule has 0 radical (unpaired) electrons. The van der Waals surface area contributed by atoms with Gasteiger partial charge in [-0.1, -0.05) is 35.9 Å². The Labute approximate surface area is 132 Å². The summed E-state index contributed by atoms with van der Waals surface area (Å²) in [5, 5.41) is 3.22. The van der Waals surface area contributed by atoms with Gasteiger partial charge in [0.05, 0.1) is 4.90 Å². The van der Waals surface area contributed by atoms with E-state index in [1.54, 1.807) is 18.2 Å². The second-order valence-corrected chi connectivity index (χ2v) is 7.21. The van der Waals surface area contributed by atoms with Crippen LogP contribution in [0.1, 0.15) is 15.9 Å². The highest BCUT2D eigenvalue weighted by Gasteiger charge is 2.13. The van der Waals surface area contributed by atoms with Gasteiger partial charge in [-0.05, 0) is 29.8 Å². The summed E-state index contributed by atoms with van der Waals surface area (Å²) in [7, 11) is 1.39. The van der Waals surface area contributed by atoms with Crippen LogP contribution in [0.5, 0.6) is 0 Å². The molecule has 110 valence electrons. The van der Waals surface area contributed by atoms with Crippen LogP contribution in [0, 0.1) is 0 Å². The molecule has 0 bridgehead atoms. The second kappa shape index (κ2) is 6.47. The maximum Gasteiger partial charge on any atom is 0.261 e. The summed E-state index contributed by atoms with van der Waals surface area (Å²) in [6, 6.07) is 12.6. The maximum absolute atomic E-state index is 12.0. The number of carbonyl (C=O) groups is 1. The molecule has 0 aliphatic rings. The van der Waals surface area contributed by atoms with Gasteiger partial charge in [0.2, 0.25) is 0 Å². The first kappa shape index (κ1) is 15.8. The average Bonchev–Trinajstić information content (AvgIpc) is 2.45. The second-order valence-electron chi connectivity index (χ2n) is 4.24. The number of hydrogen-bond donors (Lipinski definition) is 1. The molecule has 0 aromatic heterocycles. The normalized spacial score (nSPS) is 11.1. The van der Waals surface area contributed by atoms with Crippen LogP contribution in [-0.2, 0) is 15.6 Å². The van der Waals surface area contributed by atoms with Crippen LogP contribution in [0.25, 0.3) is 0 Å². The van der Waals surface area contributed by atoms with Crippen LogP contribution in [0.3, 0.4) is 0 Å². The van der Waals surface area contributed by atoms with E-state index in [1.807, 2.05) is 6.07 Å². The zero-order valence-corrected chi connectivity index (χ0v) is 13.0. The molecule has 7 heteroatoms. The minimum atomic E-state index is -3.86. The fourth-order valence-electron chi connectivity index (χ4n) is 1.71. The van der Waals surface area contributed by atoms with Crippen LogP contribution in [0.4, 0.5) is 0 Å². The molecule has 1 amide bonds. The van der Waals surface area contributed by atoms with Crippen LogP contribution in [-0.4, -0.2) is 14.3 Å². The van der Waals surface area contributed by atoms with Crippen molar-refractivity contribution in [2.45, 2.75) is 11.4 Å². The lowest BCUT2D eigenvalue weighted by molar-refractivity contribution is 0.0950. The van der Waals surface area contributed by atoms with Crippen LogP contribution < -0.4 is 5.32 Å². The Balaban J connectivity index is 2.13. The predicted molar refractivity (Wildman–Crippen MR) is 82.1 cm³/mol. The summed E-state index contributed by atoms with van der Waals surface area (Å²) in [5.74, 6) is -0.405. The first-order valence-corrected chi connectivity index (χ1v) is 8.63. The fraction of sp³-hybridized carbons (Fsp3) is 0.0714. The molecule has 21 heavy (non-hydrogen) atoms. The van der Waals surface area contributed by atoms with E-state index in [0.29, 0.717) is 5.02 Å². The molecule has 0 spiro atoms. The van der Waals surface area contributed by atoms with Gasteiger partial charge in [-0.3, -0.25) is 4.79 Å². The quantitative estimate of drug-likeness (QED) is 0.867. The van der Waals surface area contributed by atoms with Crippen molar-refractivity contribution in [3.63, 3.8) is 0 Å². The van der Waals surface area contributed by atoms with Gasteiger partial charge in [0.25, 0.3) is 15.0 Å². The first-order chi connectivity index (χ1) is 9.88. The number of rotatable bonds is 4. The zero-order valence-electron chi connectivity index (χ0n) is 10.7. The van der Waals surface area contributed by atoms with Crippen molar-refractivity contribution in [1.29, 1.82) is 0 Å². The fourth-order valence-corrected chi connectivity index (χ4v) is 2.71. The lowest BCUT2D eigenvalue weighted by atomic mass is 10.2. The molecule has 0 unspecified atom stereocenters. The predicted octanol–water partition coefficient (Wildman–Crippen LogP) is 3.20. The summed E-state index contributed by atoms with van der Waals surface area (Å²) >= 11 is 5.99. The number of amides is 1. The zero-order chi connectivity index (χ0) is 15.5. The minimum Gasteiger partial charge on any atom is -0.348 e. The first-order valence-electron chi connectivity index (χ1n) is 5.94. The Kier molecular flexibility index (Phi) is 4.88. The van der Waals surface area contributed by atoms with Crippen molar-refractivity contribution >= 4 is 37.2 Å². The molecule has 0 fully saturated rings. The molecule has 0 aliphatic heterocycles. The molecule has 0 heterocycles. The summed E-state index contributed by atoms with van der Waals surface area (Å²) in [4.78, 5) is 11.9. The number of benzene rings is 2. The molecule has 4 nitrogen and oxygen atoms in total. The smallest absolute Gasteiger partial charge is 0.261 e. The number of hydrogen-bond acceptors (Lipinski definition) is 3. The molecule has 1 N–H and O–H groups in total. The molecule has 0 aliphatic carbocycles. The molecule has 0 atom stereocenters. The molecular weight excluding hydrogens is 333 g/mol. The van der Waals surface area contributed by atoms with E-state index >= 15 is 0 Å².